The molecular weight excluding hydrogens is 298 g/mol. The summed E-state index contributed by atoms with van der Waals surface area (Å²) in [6.45, 7) is 3.39. The Bertz CT molecular complexity index is 706. The fraction of sp³-hybridized carbons (Fsp3) is 0.412. The van der Waals surface area contributed by atoms with Crippen molar-refractivity contribution in [1.82, 2.24) is 4.90 Å². The number of hydrogen-bond donors (Lipinski definition) is 2. The van der Waals surface area contributed by atoms with E-state index in [-0.39, 0.29) is 11.6 Å². The number of β-lactam (4-membered cyclic amide) rings is 1. The van der Waals surface area contributed by atoms with Gasteiger partial charge in [0.2, 0.25) is 5.91 Å². The van der Waals surface area contributed by atoms with Crippen molar-refractivity contribution >= 4 is 17.4 Å². The summed E-state index contributed by atoms with van der Waals surface area (Å²) in [6.07, 6.45) is -0.406. The van der Waals surface area contributed by atoms with Crippen molar-refractivity contribution in [3.8, 4) is 5.75 Å². The minimum atomic E-state index is -1.13. The smallest absolute Gasteiger partial charge is 0.352 e. The Balaban J connectivity index is 2.06. The fourth-order valence-electron chi connectivity index (χ4n) is 3.84. The minimum Gasteiger partial charge on any atom is -0.497 e. The van der Waals surface area contributed by atoms with E-state index >= 15 is 0 Å². The van der Waals surface area contributed by atoms with E-state index in [0.29, 0.717) is 17.7 Å². The molecule has 1 aromatic rings. The van der Waals surface area contributed by atoms with Crippen LogP contribution in [0.15, 0.2) is 30.0 Å². The molecule has 1 amide bonds. The number of benzene rings is 1. The monoisotopic (exact) mass is 317 g/mol. The van der Waals surface area contributed by atoms with Crippen LogP contribution in [0, 0.1) is 5.92 Å². The summed E-state index contributed by atoms with van der Waals surface area (Å²) in [5.41, 5.74) is 0.684. The van der Waals surface area contributed by atoms with Gasteiger partial charge in [-0.3, -0.25) is 9.69 Å². The van der Waals surface area contributed by atoms with Crippen LogP contribution in [0.2, 0.25) is 0 Å². The number of aliphatic carboxylic acids is 1. The average Bonchev–Trinajstić information content (AvgIpc) is 2.76. The highest BCUT2D eigenvalue weighted by atomic mass is 16.5. The third-order valence-electron chi connectivity index (χ3n) is 4.83. The molecule has 23 heavy (non-hydrogen) atoms. The second kappa shape index (κ2) is 5.09. The standard InChI is InChI=1S/C17H19NO5/c1-9(19)13-15(20)18-14(16(21)22)12(8-17(13,18)2)10-4-6-11(23-3)7-5-10/h4-7,9,13,19H,8H2,1-3H3,(H,21,22)/t9-,13+,17-/m1/s1. The normalized spacial score (nSPS) is 27.6. The van der Waals surface area contributed by atoms with E-state index < -0.39 is 23.5 Å². The van der Waals surface area contributed by atoms with Crippen LogP contribution in [0.1, 0.15) is 25.8 Å². The average molecular weight is 317 g/mol. The van der Waals surface area contributed by atoms with E-state index in [1.165, 1.54) is 4.90 Å². The number of carboxylic acid groups (broad SMARTS) is 1. The summed E-state index contributed by atoms with van der Waals surface area (Å²) in [7, 11) is 1.56. The molecule has 2 aliphatic rings. The van der Waals surface area contributed by atoms with Crippen LogP contribution in [0.25, 0.3) is 5.57 Å². The highest BCUT2D eigenvalue weighted by Gasteiger charge is 2.64. The molecule has 3 atom stereocenters. The largest absolute Gasteiger partial charge is 0.497 e. The number of rotatable bonds is 4. The third-order valence-corrected chi connectivity index (χ3v) is 4.83. The van der Waals surface area contributed by atoms with E-state index in [1.807, 2.05) is 6.92 Å². The third kappa shape index (κ3) is 2.05. The Labute approximate surface area is 134 Å². The summed E-state index contributed by atoms with van der Waals surface area (Å²) < 4.78 is 5.12. The van der Waals surface area contributed by atoms with Crippen molar-refractivity contribution < 1.29 is 24.5 Å². The van der Waals surface area contributed by atoms with Crippen LogP contribution < -0.4 is 4.74 Å². The van der Waals surface area contributed by atoms with Gasteiger partial charge in [-0.05, 0) is 43.5 Å². The van der Waals surface area contributed by atoms with Crippen LogP contribution in [0.3, 0.4) is 0 Å². The number of carbonyl (C=O) groups excluding carboxylic acids is 1. The predicted molar refractivity (Wildman–Crippen MR) is 82.6 cm³/mol. The molecule has 0 bridgehead atoms. The topological polar surface area (TPSA) is 87.1 Å². The van der Waals surface area contributed by atoms with Crippen LogP contribution in [0.4, 0.5) is 0 Å². The zero-order chi connectivity index (χ0) is 16.9. The van der Waals surface area contributed by atoms with E-state index in [2.05, 4.69) is 0 Å². The van der Waals surface area contributed by atoms with Crippen molar-refractivity contribution in [3.05, 3.63) is 35.5 Å². The number of nitrogens with zero attached hydrogens (tertiary/aromatic N) is 1. The molecule has 2 N–H and O–H groups in total. The first-order valence-electron chi connectivity index (χ1n) is 7.44. The van der Waals surface area contributed by atoms with E-state index in [9.17, 15) is 19.8 Å². The lowest BCUT2D eigenvalue weighted by Gasteiger charge is -2.53. The molecule has 0 spiro atoms. The SMILES string of the molecule is COc1ccc(C2=C(C(=O)O)N3C(=O)[C@H]([C@@H](C)O)[C@@]3(C)C2)cc1. The first kappa shape index (κ1) is 15.6. The number of ether oxygens (including phenoxy) is 1. The molecule has 2 aliphatic heterocycles. The molecule has 1 aromatic carbocycles. The summed E-state index contributed by atoms with van der Waals surface area (Å²) in [6, 6.07) is 7.09. The Morgan fingerprint density at radius 3 is 2.48 bits per heavy atom. The van der Waals surface area contributed by atoms with E-state index in [4.69, 9.17) is 4.74 Å². The van der Waals surface area contributed by atoms with Gasteiger partial charge in [0, 0.05) is 0 Å². The molecule has 6 heteroatoms. The first-order chi connectivity index (χ1) is 10.8. The van der Waals surface area contributed by atoms with Crippen molar-refractivity contribution in [2.45, 2.75) is 31.9 Å². The van der Waals surface area contributed by atoms with Crippen molar-refractivity contribution in [2.24, 2.45) is 5.92 Å². The fourth-order valence-corrected chi connectivity index (χ4v) is 3.84. The highest BCUT2D eigenvalue weighted by molar-refractivity contribution is 6.07. The summed E-state index contributed by atoms with van der Waals surface area (Å²) in [5, 5.41) is 19.5. The maximum atomic E-state index is 12.3. The number of hydrogen-bond acceptors (Lipinski definition) is 4. The molecule has 1 fully saturated rings. The minimum absolute atomic E-state index is 0.0135. The molecule has 3 rings (SSSR count). The van der Waals surface area contributed by atoms with E-state index in [1.54, 1.807) is 38.3 Å². The maximum Gasteiger partial charge on any atom is 0.352 e. The Kier molecular flexibility index (Phi) is 3.44. The Morgan fingerprint density at radius 2 is 2.00 bits per heavy atom. The quantitative estimate of drug-likeness (QED) is 0.822. The second-order valence-corrected chi connectivity index (χ2v) is 6.29. The second-order valence-electron chi connectivity index (χ2n) is 6.29. The van der Waals surface area contributed by atoms with Crippen LogP contribution >= 0.6 is 0 Å². The molecule has 2 heterocycles. The summed E-state index contributed by atoms with van der Waals surface area (Å²) >= 11 is 0. The summed E-state index contributed by atoms with van der Waals surface area (Å²) in [5.74, 6) is -1.36. The van der Waals surface area contributed by atoms with Gasteiger partial charge in [0.05, 0.1) is 24.7 Å². The lowest BCUT2D eigenvalue weighted by atomic mass is 9.70. The van der Waals surface area contributed by atoms with Gasteiger partial charge >= 0.3 is 5.97 Å². The molecule has 0 aromatic heterocycles. The molecular formula is C17H19NO5. The van der Waals surface area contributed by atoms with Crippen LogP contribution in [-0.2, 0) is 9.59 Å². The van der Waals surface area contributed by atoms with E-state index in [0.717, 1.165) is 5.56 Å². The number of fused-ring (bicyclic) bond motifs is 1. The van der Waals surface area contributed by atoms with Crippen molar-refractivity contribution in [2.75, 3.05) is 7.11 Å². The lowest BCUT2D eigenvalue weighted by Crippen LogP contribution is -2.69. The number of methoxy groups -OCH3 is 1. The zero-order valence-corrected chi connectivity index (χ0v) is 13.2. The highest BCUT2D eigenvalue weighted by Crippen LogP contribution is 2.54. The molecule has 122 valence electrons. The zero-order valence-electron chi connectivity index (χ0n) is 13.2. The van der Waals surface area contributed by atoms with Crippen LogP contribution in [-0.4, -0.2) is 45.7 Å². The van der Waals surface area contributed by atoms with Gasteiger partial charge in [0.15, 0.2) is 0 Å². The Hall–Kier alpha value is -2.34. The number of carbonyl (C=O) groups is 2. The molecule has 0 saturated carbocycles. The van der Waals surface area contributed by atoms with Gasteiger partial charge in [-0.2, -0.15) is 0 Å². The number of carboxylic acids is 1. The maximum absolute atomic E-state index is 12.3. The van der Waals surface area contributed by atoms with Crippen LogP contribution in [0.5, 0.6) is 5.75 Å². The summed E-state index contributed by atoms with van der Waals surface area (Å²) in [4.78, 5) is 25.4. The first-order valence-corrected chi connectivity index (χ1v) is 7.44. The molecule has 0 radical (unpaired) electrons. The number of aliphatic hydroxyl groups is 1. The number of amides is 1. The van der Waals surface area contributed by atoms with Crippen molar-refractivity contribution in [1.29, 1.82) is 0 Å². The predicted octanol–water partition coefficient (Wildman–Crippen LogP) is 1.49. The number of aliphatic hydroxyl groups excluding tert-OH is 1. The molecule has 0 unspecified atom stereocenters. The Morgan fingerprint density at radius 1 is 1.39 bits per heavy atom. The molecule has 0 aliphatic carbocycles. The molecule has 1 saturated heterocycles. The van der Waals surface area contributed by atoms with Crippen molar-refractivity contribution in [3.63, 3.8) is 0 Å². The van der Waals surface area contributed by atoms with Gasteiger partial charge in [0.1, 0.15) is 11.4 Å². The van der Waals surface area contributed by atoms with Gasteiger partial charge in [0.25, 0.3) is 0 Å². The molecule has 6 nitrogen and oxygen atoms in total. The van der Waals surface area contributed by atoms with Gasteiger partial charge < -0.3 is 14.9 Å². The van der Waals surface area contributed by atoms with Gasteiger partial charge in [-0.1, -0.05) is 12.1 Å². The van der Waals surface area contributed by atoms with Gasteiger partial charge in [-0.15, -0.1) is 0 Å². The van der Waals surface area contributed by atoms with Gasteiger partial charge in [-0.25, -0.2) is 4.79 Å². The lowest BCUT2D eigenvalue weighted by molar-refractivity contribution is -0.173.